The molecule has 1 heterocycles. The summed E-state index contributed by atoms with van der Waals surface area (Å²) in [6.07, 6.45) is -4.38. The molecule has 4 aromatic rings. The van der Waals surface area contributed by atoms with Gasteiger partial charge in [-0.25, -0.2) is 9.78 Å². The Labute approximate surface area is 180 Å². The van der Waals surface area contributed by atoms with Crippen LogP contribution in [0.25, 0.3) is 11.0 Å². The van der Waals surface area contributed by atoms with E-state index in [4.69, 9.17) is 0 Å². The monoisotopic (exact) mass is 442 g/mol. The molecule has 158 valence electrons. The lowest BCUT2D eigenvalue weighted by atomic mass is 10.1. The second kappa shape index (κ2) is 8.47. The molecule has 0 amide bonds. The molecule has 4 rings (SSSR count). The summed E-state index contributed by atoms with van der Waals surface area (Å²) in [6, 6.07) is 19.4. The van der Waals surface area contributed by atoms with Gasteiger partial charge in [0.2, 0.25) is 0 Å². The van der Waals surface area contributed by atoms with Crippen molar-refractivity contribution in [3.05, 3.63) is 95.1 Å². The molecule has 0 unspecified atom stereocenters. The highest BCUT2D eigenvalue weighted by Crippen LogP contribution is 2.31. The molecular weight excluding hydrogens is 425 g/mol. The number of aromatic carboxylic acids is 1. The molecule has 3 aromatic carbocycles. The fraction of sp³-hybridized carbons (Fsp3) is 0.130. The number of halogens is 3. The minimum Gasteiger partial charge on any atom is -0.478 e. The van der Waals surface area contributed by atoms with E-state index >= 15 is 0 Å². The van der Waals surface area contributed by atoms with Crippen LogP contribution in [0, 0.1) is 0 Å². The van der Waals surface area contributed by atoms with Gasteiger partial charge in [0, 0.05) is 5.75 Å². The highest BCUT2D eigenvalue weighted by atomic mass is 32.2. The van der Waals surface area contributed by atoms with Gasteiger partial charge < -0.3 is 9.67 Å². The summed E-state index contributed by atoms with van der Waals surface area (Å²) in [6.45, 7) is 0.349. The number of aromatic nitrogens is 2. The van der Waals surface area contributed by atoms with Gasteiger partial charge in [0.1, 0.15) is 0 Å². The summed E-state index contributed by atoms with van der Waals surface area (Å²) < 4.78 is 40.5. The van der Waals surface area contributed by atoms with Crippen molar-refractivity contribution in [2.24, 2.45) is 0 Å². The highest BCUT2D eigenvalue weighted by Gasteiger charge is 2.30. The van der Waals surface area contributed by atoms with Crippen molar-refractivity contribution in [3.8, 4) is 0 Å². The molecule has 0 atom stereocenters. The van der Waals surface area contributed by atoms with Crippen molar-refractivity contribution < 1.29 is 23.1 Å². The Morgan fingerprint density at radius 3 is 2.35 bits per heavy atom. The predicted octanol–water partition coefficient (Wildman–Crippen LogP) is 6.09. The first-order chi connectivity index (χ1) is 14.8. The molecule has 0 spiro atoms. The lowest BCUT2D eigenvalue weighted by Crippen LogP contribution is -2.06. The number of nitrogens with zero attached hydrogens (tertiary/aromatic N) is 2. The van der Waals surface area contributed by atoms with Crippen LogP contribution in [0.1, 0.15) is 27.0 Å². The molecule has 0 fully saturated rings. The molecule has 0 radical (unpaired) electrons. The van der Waals surface area contributed by atoms with Crippen LogP contribution in [0.2, 0.25) is 0 Å². The zero-order valence-corrected chi connectivity index (χ0v) is 17.0. The van der Waals surface area contributed by atoms with Gasteiger partial charge in [-0.3, -0.25) is 0 Å². The molecule has 0 aliphatic carbocycles. The molecule has 4 nitrogen and oxygen atoms in total. The number of carboxylic acid groups (broad SMARTS) is 1. The number of imidazole rings is 1. The van der Waals surface area contributed by atoms with Gasteiger partial charge in [0.15, 0.2) is 5.16 Å². The lowest BCUT2D eigenvalue weighted by molar-refractivity contribution is -0.137. The molecule has 0 aliphatic heterocycles. The van der Waals surface area contributed by atoms with Gasteiger partial charge in [0.05, 0.1) is 28.7 Å². The minimum absolute atomic E-state index is 0.236. The van der Waals surface area contributed by atoms with Crippen LogP contribution in [-0.4, -0.2) is 20.6 Å². The minimum atomic E-state index is -4.38. The van der Waals surface area contributed by atoms with Gasteiger partial charge in [0.25, 0.3) is 0 Å². The number of hydrogen-bond acceptors (Lipinski definition) is 3. The number of rotatable bonds is 6. The molecule has 0 aliphatic rings. The van der Waals surface area contributed by atoms with Crippen molar-refractivity contribution in [2.75, 3.05) is 0 Å². The van der Waals surface area contributed by atoms with Crippen LogP contribution in [0.5, 0.6) is 0 Å². The SMILES string of the molecule is O=C(O)c1ccccc1CSc1nc2ccccc2n1Cc1ccc(C(F)(F)F)cc1. The summed E-state index contributed by atoms with van der Waals surface area (Å²) in [4.78, 5) is 16.1. The summed E-state index contributed by atoms with van der Waals surface area (Å²) in [5.41, 5.74) is 2.56. The summed E-state index contributed by atoms with van der Waals surface area (Å²) in [7, 11) is 0. The van der Waals surface area contributed by atoms with Crippen molar-refractivity contribution in [2.45, 2.75) is 23.6 Å². The van der Waals surface area contributed by atoms with Crippen LogP contribution >= 0.6 is 11.8 Å². The van der Waals surface area contributed by atoms with Crippen molar-refractivity contribution in [1.82, 2.24) is 9.55 Å². The summed E-state index contributed by atoms with van der Waals surface area (Å²) >= 11 is 1.39. The van der Waals surface area contributed by atoms with Gasteiger partial charge in [-0.15, -0.1) is 0 Å². The Kier molecular flexibility index (Phi) is 5.73. The number of thioether (sulfide) groups is 1. The van der Waals surface area contributed by atoms with Crippen molar-refractivity contribution in [3.63, 3.8) is 0 Å². The Bertz CT molecular complexity index is 1230. The zero-order valence-electron chi connectivity index (χ0n) is 16.1. The smallest absolute Gasteiger partial charge is 0.416 e. The number of hydrogen-bond donors (Lipinski definition) is 1. The van der Waals surface area contributed by atoms with E-state index in [-0.39, 0.29) is 5.56 Å². The van der Waals surface area contributed by atoms with E-state index in [9.17, 15) is 23.1 Å². The first-order valence-electron chi connectivity index (χ1n) is 9.38. The summed E-state index contributed by atoms with van der Waals surface area (Å²) in [5.74, 6) is -0.590. The van der Waals surface area contributed by atoms with E-state index in [1.807, 2.05) is 28.8 Å². The van der Waals surface area contributed by atoms with Crippen molar-refractivity contribution in [1.29, 1.82) is 0 Å². The number of benzene rings is 3. The third-order valence-electron chi connectivity index (χ3n) is 4.85. The number of para-hydroxylation sites is 2. The maximum absolute atomic E-state index is 12.9. The number of fused-ring (bicyclic) bond motifs is 1. The molecular formula is C23H17F3N2O2S. The second-order valence-electron chi connectivity index (χ2n) is 6.91. The molecule has 0 bridgehead atoms. The number of carboxylic acids is 1. The van der Waals surface area contributed by atoms with E-state index in [1.54, 1.807) is 24.3 Å². The molecule has 1 aromatic heterocycles. The lowest BCUT2D eigenvalue weighted by Gasteiger charge is -2.11. The topological polar surface area (TPSA) is 55.1 Å². The van der Waals surface area contributed by atoms with Gasteiger partial charge in [-0.05, 0) is 41.5 Å². The Morgan fingerprint density at radius 1 is 0.968 bits per heavy atom. The van der Waals surface area contributed by atoms with Crippen LogP contribution in [0.4, 0.5) is 13.2 Å². The number of carbonyl (C=O) groups is 1. The van der Waals surface area contributed by atoms with E-state index in [2.05, 4.69) is 4.98 Å². The van der Waals surface area contributed by atoms with E-state index in [1.165, 1.54) is 23.9 Å². The average molecular weight is 442 g/mol. The zero-order chi connectivity index (χ0) is 22.0. The first kappa shape index (κ1) is 21.0. The van der Waals surface area contributed by atoms with Crippen LogP contribution < -0.4 is 0 Å². The van der Waals surface area contributed by atoms with E-state index in [0.29, 0.717) is 28.6 Å². The molecule has 8 heteroatoms. The van der Waals surface area contributed by atoms with Gasteiger partial charge >= 0.3 is 12.1 Å². The fourth-order valence-electron chi connectivity index (χ4n) is 3.30. The fourth-order valence-corrected chi connectivity index (χ4v) is 4.31. The third-order valence-corrected chi connectivity index (χ3v) is 5.87. The molecule has 31 heavy (non-hydrogen) atoms. The van der Waals surface area contributed by atoms with Gasteiger partial charge in [-0.1, -0.05) is 54.2 Å². The van der Waals surface area contributed by atoms with Crippen LogP contribution in [0.15, 0.2) is 78.0 Å². The summed E-state index contributed by atoms with van der Waals surface area (Å²) in [5, 5.41) is 10.1. The molecule has 0 saturated carbocycles. The van der Waals surface area contributed by atoms with Crippen LogP contribution in [-0.2, 0) is 18.5 Å². The van der Waals surface area contributed by atoms with E-state index in [0.717, 1.165) is 23.2 Å². The van der Waals surface area contributed by atoms with Gasteiger partial charge in [-0.2, -0.15) is 13.2 Å². The predicted molar refractivity (Wildman–Crippen MR) is 113 cm³/mol. The maximum atomic E-state index is 12.9. The standard InChI is InChI=1S/C23H17F3N2O2S/c24-23(25,26)17-11-9-15(10-12-17)13-28-20-8-4-3-7-19(20)27-22(28)31-14-16-5-1-2-6-18(16)21(29)30/h1-12H,13-14H2,(H,29,30). The average Bonchev–Trinajstić information content (AvgIpc) is 3.09. The Balaban J connectivity index is 1.64. The maximum Gasteiger partial charge on any atom is 0.416 e. The van der Waals surface area contributed by atoms with Crippen molar-refractivity contribution >= 4 is 28.8 Å². The first-order valence-corrected chi connectivity index (χ1v) is 10.4. The van der Waals surface area contributed by atoms with Crippen LogP contribution in [0.3, 0.4) is 0 Å². The molecule has 0 saturated heterocycles. The highest BCUT2D eigenvalue weighted by molar-refractivity contribution is 7.98. The number of alkyl halides is 3. The Hall–Kier alpha value is -3.26. The molecule has 1 N–H and O–H groups in total. The van der Waals surface area contributed by atoms with E-state index < -0.39 is 17.7 Å². The quantitative estimate of drug-likeness (QED) is 0.367. The largest absolute Gasteiger partial charge is 0.478 e. The second-order valence-corrected chi connectivity index (χ2v) is 7.86. The Morgan fingerprint density at radius 2 is 1.65 bits per heavy atom. The normalized spacial score (nSPS) is 11.7. The third kappa shape index (κ3) is 4.59.